The fourth-order valence-electron chi connectivity index (χ4n) is 2.05. The zero-order valence-corrected chi connectivity index (χ0v) is 12.6. The lowest BCUT2D eigenvalue weighted by Gasteiger charge is -2.06. The Labute approximate surface area is 125 Å². The van der Waals surface area contributed by atoms with Gasteiger partial charge >= 0.3 is 0 Å². The molecule has 3 aromatic heterocycles. The molecule has 104 valence electrons. The second-order valence-corrected chi connectivity index (χ2v) is 6.06. The highest BCUT2D eigenvalue weighted by Gasteiger charge is 2.09. The van der Waals surface area contributed by atoms with E-state index in [2.05, 4.69) is 38.2 Å². The molecule has 0 spiro atoms. The van der Waals surface area contributed by atoms with Crippen molar-refractivity contribution in [1.82, 2.24) is 19.9 Å². The Balaban J connectivity index is 1.67. The quantitative estimate of drug-likeness (QED) is 0.560. The Bertz CT molecular complexity index is 707. The summed E-state index contributed by atoms with van der Waals surface area (Å²) in [4.78, 5) is 17.9. The summed E-state index contributed by atoms with van der Waals surface area (Å²) in [5, 5.41) is 4.66. The number of fused-ring (bicyclic) bond motifs is 1. The molecule has 0 saturated carbocycles. The minimum absolute atomic E-state index is 0.285. The molecule has 0 aromatic carbocycles. The van der Waals surface area contributed by atoms with Gasteiger partial charge in [-0.15, -0.1) is 11.3 Å². The lowest BCUT2D eigenvalue weighted by Crippen LogP contribution is -2.06. The molecule has 0 radical (unpaired) electrons. The lowest BCUT2D eigenvalue weighted by molar-refractivity contribution is 0.814. The van der Waals surface area contributed by atoms with E-state index in [4.69, 9.17) is 11.6 Å². The van der Waals surface area contributed by atoms with E-state index in [0.717, 1.165) is 41.2 Å². The summed E-state index contributed by atoms with van der Waals surface area (Å²) < 4.78 is 0. The van der Waals surface area contributed by atoms with Gasteiger partial charge < -0.3 is 10.3 Å². The Morgan fingerprint density at radius 1 is 1.40 bits per heavy atom. The topological polar surface area (TPSA) is 66.5 Å². The SMILES string of the molecule is Cc1cc2c(NCCCc3ncc[nH]3)nc(Cl)nc2s1. The number of rotatable bonds is 5. The Morgan fingerprint density at radius 3 is 3.10 bits per heavy atom. The second kappa shape index (κ2) is 5.76. The van der Waals surface area contributed by atoms with Crippen LogP contribution in [0, 0.1) is 6.92 Å². The van der Waals surface area contributed by atoms with Crippen LogP contribution >= 0.6 is 22.9 Å². The minimum Gasteiger partial charge on any atom is -0.369 e. The molecule has 0 aliphatic heterocycles. The maximum atomic E-state index is 5.96. The zero-order chi connectivity index (χ0) is 13.9. The summed E-state index contributed by atoms with van der Waals surface area (Å²) in [7, 11) is 0. The molecule has 2 N–H and O–H groups in total. The number of thiophene rings is 1. The average Bonchev–Trinajstić information content (AvgIpc) is 3.02. The van der Waals surface area contributed by atoms with E-state index in [1.54, 1.807) is 17.5 Å². The zero-order valence-electron chi connectivity index (χ0n) is 11.0. The second-order valence-electron chi connectivity index (χ2n) is 4.48. The molecular weight excluding hydrogens is 294 g/mol. The Kier molecular flexibility index (Phi) is 3.84. The molecule has 3 aromatic rings. The van der Waals surface area contributed by atoms with Crippen molar-refractivity contribution in [2.75, 3.05) is 11.9 Å². The average molecular weight is 308 g/mol. The van der Waals surface area contributed by atoms with E-state index in [-0.39, 0.29) is 5.28 Å². The molecule has 20 heavy (non-hydrogen) atoms. The summed E-state index contributed by atoms with van der Waals surface area (Å²) in [6.45, 7) is 2.87. The monoisotopic (exact) mass is 307 g/mol. The Hall–Kier alpha value is -1.66. The van der Waals surface area contributed by atoms with Crippen LogP contribution in [0.15, 0.2) is 18.5 Å². The number of imidazole rings is 1. The number of nitrogens with zero attached hydrogens (tertiary/aromatic N) is 3. The highest BCUT2D eigenvalue weighted by molar-refractivity contribution is 7.18. The largest absolute Gasteiger partial charge is 0.369 e. The number of aromatic amines is 1. The maximum absolute atomic E-state index is 5.96. The fourth-order valence-corrected chi connectivity index (χ4v) is 3.15. The van der Waals surface area contributed by atoms with Crippen LogP contribution in [0.3, 0.4) is 0 Å². The minimum atomic E-state index is 0.285. The molecule has 0 aliphatic carbocycles. The van der Waals surface area contributed by atoms with Crippen LogP contribution in [0.5, 0.6) is 0 Å². The molecule has 3 heterocycles. The third-order valence-corrected chi connectivity index (χ3v) is 4.04. The van der Waals surface area contributed by atoms with E-state index < -0.39 is 0 Å². The van der Waals surface area contributed by atoms with Crippen LogP contribution < -0.4 is 5.32 Å². The van der Waals surface area contributed by atoms with Gasteiger partial charge in [-0.3, -0.25) is 0 Å². The van der Waals surface area contributed by atoms with E-state index in [9.17, 15) is 0 Å². The highest BCUT2D eigenvalue weighted by atomic mass is 35.5. The standard InChI is InChI=1S/C13H14ClN5S/c1-8-7-9-11(18-13(14)19-12(9)20-8)17-4-2-3-10-15-5-6-16-10/h5-7H,2-4H2,1H3,(H,15,16)(H,17,18,19). The van der Waals surface area contributed by atoms with Crippen LogP contribution in [0.1, 0.15) is 17.1 Å². The first-order chi connectivity index (χ1) is 9.72. The summed E-state index contributed by atoms with van der Waals surface area (Å²) >= 11 is 7.58. The number of halogens is 1. The molecule has 5 nitrogen and oxygen atoms in total. The van der Waals surface area contributed by atoms with Gasteiger partial charge in [-0.05, 0) is 31.0 Å². The van der Waals surface area contributed by atoms with Gasteiger partial charge in [-0.2, -0.15) is 0 Å². The first-order valence-electron chi connectivity index (χ1n) is 6.38. The van der Waals surface area contributed by atoms with Gasteiger partial charge in [0.25, 0.3) is 0 Å². The molecule has 0 fully saturated rings. The number of H-pyrrole nitrogens is 1. The van der Waals surface area contributed by atoms with Gasteiger partial charge in [0.15, 0.2) is 0 Å². The van der Waals surface area contributed by atoms with Gasteiger partial charge in [0.05, 0.1) is 5.39 Å². The van der Waals surface area contributed by atoms with E-state index >= 15 is 0 Å². The van der Waals surface area contributed by atoms with Crippen molar-refractivity contribution in [1.29, 1.82) is 0 Å². The van der Waals surface area contributed by atoms with Gasteiger partial charge in [-0.1, -0.05) is 0 Å². The number of aryl methyl sites for hydroxylation is 2. The predicted octanol–water partition coefficient (Wildman–Crippen LogP) is 3.42. The number of hydrogen-bond donors (Lipinski definition) is 2. The fraction of sp³-hybridized carbons (Fsp3) is 0.308. The molecule has 3 rings (SSSR count). The molecular formula is C13H14ClN5S. The van der Waals surface area contributed by atoms with E-state index in [1.807, 2.05) is 6.20 Å². The third kappa shape index (κ3) is 2.91. The van der Waals surface area contributed by atoms with E-state index in [0.29, 0.717) is 0 Å². The van der Waals surface area contributed by atoms with Gasteiger partial charge in [0.1, 0.15) is 16.5 Å². The van der Waals surface area contributed by atoms with Crippen molar-refractivity contribution in [3.63, 3.8) is 0 Å². The van der Waals surface area contributed by atoms with Crippen LogP contribution in [-0.2, 0) is 6.42 Å². The van der Waals surface area contributed by atoms with Crippen molar-refractivity contribution < 1.29 is 0 Å². The maximum Gasteiger partial charge on any atom is 0.225 e. The third-order valence-electron chi connectivity index (χ3n) is 2.93. The highest BCUT2D eigenvalue weighted by Crippen LogP contribution is 2.29. The summed E-state index contributed by atoms with van der Waals surface area (Å²) in [6, 6.07) is 2.09. The molecule has 0 atom stereocenters. The summed E-state index contributed by atoms with van der Waals surface area (Å²) in [5.41, 5.74) is 0. The van der Waals surface area contributed by atoms with Crippen molar-refractivity contribution in [2.45, 2.75) is 19.8 Å². The smallest absolute Gasteiger partial charge is 0.225 e. The molecule has 0 aliphatic rings. The number of aromatic nitrogens is 4. The van der Waals surface area contributed by atoms with Crippen molar-refractivity contribution in [2.24, 2.45) is 0 Å². The summed E-state index contributed by atoms with van der Waals surface area (Å²) in [5.74, 6) is 1.81. The first-order valence-corrected chi connectivity index (χ1v) is 7.57. The molecule has 0 unspecified atom stereocenters. The van der Waals surface area contributed by atoms with Crippen LogP contribution in [0.4, 0.5) is 5.82 Å². The predicted molar refractivity (Wildman–Crippen MR) is 82.6 cm³/mol. The van der Waals surface area contributed by atoms with Crippen molar-refractivity contribution in [3.05, 3.63) is 34.4 Å². The number of anilines is 1. The normalized spacial score (nSPS) is 11.1. The molecule has 0 bridgehead atoms. The van der Waals surface area contributed by atoms with E-state index in [1.165, 1.54) is 4.88 Å². The van der Waals surface area contributed by atoms with Crippen LogP contribution in [-0.4, -0.2) is 26.5 Å². The van der Waals surface area contributed by atoms with Crippen molar-refractivity contribution >= 4 is 39.0 Å². The number of nitrogens with one attached hydrogen (secondary N) is 2. The van der Waals surface area contributed by atoms with Crippen LogP contribution in [0.25, 0.3) is 10.2 Å². The van der Waals surface area contributed by atoms with Gasteiger partial charge in [0.2, 0.25) is 5.28 Å². The number of hydrogen-bond acceptors (Lipinski definition) is 5. The van der Waals surface area contributed by atoms with Crippen LogP contribution in [0.2, 0.25) is 5.28 Å². The molecule has 7 heteroatoms. The van der Waals surface area contributed by atoms with Crippen molar-refractivity contribution in [3.8, 4) is 0 Å². The summed E-state index contributed by atoms with van der Waals surface area (Å²) in [6.07, 6.45) is 5.49. The Morgan fingerprint density at radius 2 is 2.30 bits per heavy atom. The molecule has 0 amide bonds. The first kappa shape index (κ1) is 13.3. The van der Waals surface area contributed by atoms with Gasteiger partial charge in [-0.25, -0.2) is 15.0 Å². The lowest BCUT2D eigenvalue weighted by atomic mass is 10.3. The molecule has 0 saturated heterocycles. The van der Waals surface area contributed by atoms with Gasteiger partial charge in [0, 0.05) is 30.2 Å².